The van der Waals surface area contributed by atoms with Gasteiger partial charge in [-0.05, 0) is 48.9 Å². The molecular formula is C17H15BrO4. The molecule has 0 amide bonds. The van der Waals surface area contributed by atoms with Gasteiger partial charge in [0.1, 0.15) is 6.61 Å². The highest BCUT2D eigenvalue weighted by atomic mass is 79.9. The highest BCUT2D eigenvalue weighted by Gasteiger charge is 2.09. The molecular weight excluding hydrogens is 348 g/mol. The molecule has 0 atom stereocenters. The predicted octanol–water partition coefficient (Wildman–Crippen LogP) is 3.98. The van der Waals surface area contributed by atoms with Gasteiger partial charge in [0.15, 0.2) is 0 Å². The Balaban J connectivity index is 1.99. The molecule has 0 unspecified atom stereocenters. The third-order valence-corrected chi connectivity index (χ3v) is 3.42. The number of esters is 2. The Morgan fingerprint density at radius 2 is 1.64 bits per heavy atom. The van der Waals surface area contributed by atoms with Gasteiger partial charge < -0.3 is 9.47 Å². The van der Waals surface area contributed by atoms with E-state index >= 15 is 0 Å². The molecule has 0 N–H and O–H groups in total. The summed E-state index contributed by atoms with van der Waals surface area (Å²) in [7, 11) is 0. The molecule has 0 aliphatic heterocycles. The number of carbonyl (C=O) groups is 2. The summed E-state index contributed by atoms with van der Waals surface area (Å²) in [4.78, 5) is 23.6. The van der Waals surface area contributed by atoms with Gasteiger partial charge in [0.05, 0.1) is 17.7 Å². The molecule has 0 spiro atoms. The first kappa shape index (κ1) is 16.2. The van der Waals surface area contributed by atoms with Gasteiger partial charge in [-0.1, -0.05) is 28.1 Å². The maximum Gasteiger partial charge on any atom is 0.338 e. The molecule has 2 aromatic rings. The first-order chi connectivity index (χ1) is 10.6. The second-order valence-electron chi connectivity index (χ2n) is 4.50. The van der Waals surface area contributed by atoms with Gasteiger partial charge in [0, 0.05) is 4.47 Å². The predicted molar refractivity (Wildman–Crippen MR) is 85.7 cm³/mol. The Morgan fingerprint density at radius 1 is 0.955 bits per heavy atom. The third-order valence-electron chi connectivity index (χ3n) is 2.89. The van der Waals surface area contributed by atoms with Crippen LogP contribution in [0.1, 0.15) is 33.2 Å². The average molecular weight is 363 g/mol. The van der Waals surface area contributed by atoms with Crippen molar-refractivity contribution in [3.63, 3.8) is 0 Å². The van der Waals surface area contributed by atoms with Crippen LogP contribution in [0.3, 0.4) is 0 Å². The van der Waals surface area contributed by atoms with E-state index < -0.39 is 5.97 Å². The van der Waals surface area contributed by atoms with Crippen LogP contribution in [0.2, 0.25) is 0 Å². The number of rotatable bonds is 5. The lowest BCUT2D eigenvalue weighted by atomic mass is 10.1. The average Bonchev–Trinajstić information content (AvgIpc) is 2.54. The van der Waals surface area contributed by atoms with E-state index in [1.165, 1.54) is 0 Å². The molecule has 4 nitrogen and oxygen atoms in total. The molecule has 2 rings (SSSR count). The van der Waals surface area contributed by atoms with Gasteiger partial charge >= 0.3 is 11.9 Å². The van der Waals surface area contributed by atoms with Crippen LogP contribution < -0.4 is 0 Å². The fraction of sp³-hybridized carbons (Fsp3) is 0.176. The van der Waals surface area contributed by atoms with Gasteiger partial charge in [0.25, 0.3) is 0 Å². The molecule has 0 bridgehead atoms. The Kier molecular flexibility index (Phi) is 5.72. The highest BCUT2D eigenvalue weighted by molar-refractivity contribution is 9.10. The van der Waals surface area contributed by atoms with Crippen molar-refractivity contribution in [1.82, 2.24) is 0 Å². The van der Waals surface area contributed by atoms with Crippen LogP contribution in [-0.4, -0.2) is 18.5 Å². The van der Waals surface area contributed by atoms with E-state index in [1.54, 1.807) is 55.5 Å². The van der Waals surface area contributed by atoms with E-state index in [2.05, 4.69) is 15.9 Å². The summed E-state index contributed by atoms with van der Waals surface area (Å²) >= 11 is 3.31. The van der Waals surface area contributed by atoms with Crippen LogP contribution in [-0.2, 0) is 16.1 Å². The molecule has 0 aliphatic carbocycles. The van der Waals surface area contributed by atoms with Gasteiger partial charge in [-0.2, -0.15) is 0 Å². The Morgan fingerprint density at radius 3 is 2.32 bits per heavy atom. The number of hydrogen-bond acceptors (Lipinski definition) is 4. The molecule has 2 aromatic carbocycles. The van der Waals surface area contributed by atoms with E-state index in [0.29, 0.717) is 17.7 Å². The molecule has 0 heterocycles. The van der Waals surface area contributed by atoms with Crippen molar-refractivity contribution in [3.05, 3.63) is 69.7 Å². The topological polar surface area (TPSA) is 52.6 Å². The number of ether oxygens (including phenoxy) is 2. The van der Waals surface area contributed by atoms with Crippen LogP contribution in [0.15, 0.2) is 53.0 Å². The number of hydrogen-bond donors (Lipinski definition) is 0. The Bertz CT molecular complexity index is 665. The summed E-state index contributed by atoms with van der Waals surface area (Å²) in [5.41, 5.74) is 1.65. The van der Waals surface area contributed by atoms with E-state index in [-0.39, 0.29) is 12.6 Å². The number of benzene rings is 2. The molecule has 0 saturated heterocycles. The standard InChI is InChI=1S/C17H15BrO4/c1-2-21-17(20)14-5-3-4-12(10-14)11-22-16(19)13-6-8-15(18)9-7-13/h3-10H,2,11H2,1H3. The van der Waals surface area contributed by atoms with Gasteiger partial charge in [-0.15, -0.1) is 0 Å². The van der Waals surface area contributed by atoms with Crippen LogP contribution in [0, 0.1) is 0 Å². The van der Waals surface area contributed by atoms with Crippen molar-refractivity contribution in [2.24, 2.45) is 0 Å². The lowest BCUT2D eigenvalue weighted by molar-refractivity contribution is 0.0472. The Labute approximate surface area is 137 Å². The second kappa shape index (κ2) is 7.75. The van der Waals surface area contributed by atoms with Gasteiger partial charge in [-0.3, -0.25) is 0 Å². The Hall–Kier alpha value is -2.14. The monoisotopic (exact) mass is 362 g/mol. The summed E-state index contributed by atoms with van der Waals surface area (Å²) in [6.07, 6.45) is 0. The maximum absolute atomic E-state index is 11.9. The molecule has 0 aliphatic rings. The zero-order valence-electron chi connectivity index (χ0n) is 12.0. The normalized spacial score (nSPS) is 10.1. The van der Waals surface area contributed by atoms with Crippen molar-refractivity contribution in [1.29, 1.82) is 0 Å². The van der Waals surface area contributed by atoms with Crippen LogP contribution >= 0.6 is 15.9 Å². The van der Waals surface area contributed by atoms with Gasteiger partial charge in [-0.25, -0.2) is 9.59 Å². The lowest BCUT2D eigenvalue weighted by Gasteiger charge is -2.07. The largest absolute Gasteiger partial charge is 0.462 e. The molecule has 22 heavy (non-hydrogen) atoms. The summed E-state index contributed by atoms with van der Waals surface area (Å²) in [5, 5.41) is 0. The summed E-state index contributed by atoms with van der Waals surface area (Å²) < 4.78 is 11.1. The quantitative estimate of drug-likeness (QED) is 0.754. The van der Waals surface area contributed by atoms with E-state index in [9.17, 15) is 9.59 Å². The molecule has 114 valence electrons. The van der Waals surface area contributed by atoms with E-state index in [1.807, 2.05) is 0 Å². The third kappa shape index (κ3) is 4.43. The minimum absolute atomic E-state index is 0.0993. The van der Waals surface area contributed by atoms with E-state index in [0.717, 1.165) is 10.0 Å². The smallest absolute Gasteiger partial charge is 0.338 e. The van der Waals surface area contributed by atoms with Gasteiger partial charge in [0.2, 0.25) is 0 Å². The molecule has 5 heteroatoms. The lowest BCUT2D eigenvalue weighted by Crippen LogP contribution is -2.07. The summed E-state index contributed by atoms with van der Waals surface area (Å²) in [5.74, 6) is -0.794. The van der Waals surface area contributed by atoms with Crippen LogP contribution in [0.25, 0.3) is 0 Å². The van der Waals surface area contributed by atoms with Crippen LogP contribution in [0.5, 0.6) is 0 Å². The van der Waals surface area contributed by atoms with Crippen LogP contribution in [0.4, 0.5) is 0 Å². The van der Waals surface area contributed by atoms with E-state index in [4.69, 9.17) is 9.47 Å². The summed E-state index contributed by atoms with van der Waals surface area (Å²) in [6, 6.07) is 13.8. The zero-order valence-corrected chi connectivity index (χ0v) is 13.6. The molecule has 0 aromatic heterocycles. The first-order valence-corrected chi connectivity index (χ1v) is 7.58. The number of halogens is 1. The molecule has 0 radical (unpaired) electrons. The fourth-order valence-corrected chi connectivity index (χ4v) is 2.09. The van der Waals surface area contributed by atoms with Crippen molar-refractivity contribution < 1.29 is 19.1 Å². The zero-order chi connectivity index (χ0) is 15.9. The fourth-order valence-electron chi connectivity index (χ4n) is 1.82. The van der Waals surface area contributed by atoms with Crippen molar-refractivity contribution >= 4 is 27.9 Å². The van der Waals surface area contributed by atoms with Crippen molar-refractivity contribution in [3.8, 4) is 0 Å². The van der Waals surface area contributed by atoms with Crippen molar-refractivity contribution in [2.75, 3.05) is 6.61 Å². The minimum Gasteiger partial charge on any atom is -0.462 e. The number of carbonyl (C=O) groups excluding carboxylic acids is 2. The minimum atomic E-state index is -0.408. The SMILES string of the molecule is CCOC(=O)c1cccc(COC(=O)c2ccc(Br)cc2)c1. The summed E-state index contributed by atoms with van der Waals surface area (Å²) in [6.45, 7) is 2.17. The molecule has 0 saturated carbocycles. The van der Waals surface area contributed by atoms with Crippen molar-refractivity contribution in [2.45, 2.75) is 13.5 Å². The molecule has 0 fully saturated rings. The second-order valence-corrected chi connectivity index (χ2v) is 5.42. The maximum atomic E-state index is 11.9. The first-order valence-electron chi connectivity index (χ1n) is 6.79. The highest BCUT2D eigenvalue weighted by Crippen LogP contribution is 2.13.